The maximum absolute atomic E-state index is 13.4. The summed E-state index contributed by atoms with van der Waals surface area (Å²) in [7, 11) is 1.71. The van der Waals surface area contributed by atoms with Gasteiger partial charge in [-0.05, 0) is 43.4 Å². The molecule has 1 fully saturated rings. The molecule has 2 rings (SSSR count). The zero-order chi connectivity index (χ0) is 19.1. The maximum Gasteiger partial charge on any atom is 0.309 e. The van der Waals surface area contributed by atoms with Crippen molar-refractivity contribution in [2.24, 2.45) is 10.9 Å². The second kappa shape index (κ2) is 9.50. The molecule has 0 aliphatic carbocycles. The van der Waals surface area contributed by atoms with Gasteiger partial charge in [0.2, 0.25) is 0 Å². The second-order valence-corrected chi connectivity index (χ2v) is 6.52. The van der Waals surface area contributed by atoms with E-state index in [0.717, 1.165) is 43.5 Å². The van der Waals surface area contributed by atoms with E-state index in [1.165, 1.54) is 6.07 Å². The van der Waals surface area contributed by atoms with Crippen molar-refractivity contribution < 1.29 is 18.3 Å². The minimum Gasteiger partial charge on any atom is -0.466 e. The Morgan fingerprint density at radius 3 is 2.62 bits per heavy atom. The fourth-order valence-corrected chi connectivity index (χ4v) is 3.10. The van der Waals surface area contributed by atoms with Crippen LogP contribution in [-0.4, -0.2) is 50.1 Å². The minimum atomic E-state index is -0.839. The Morgan fingerprint density at radius 1 is 1.35 bits per heavy atom. The monoisotopic (exact) mass is 367 g/mol. The molecule has 1 unspecified atom stereocenters. The summed E-state index contributed by atoms with van der Waals surface area (Å²) in [5.41, 5.74) is 0.730. The predicted molar refractivity (Wildman–Crippen MR) is 97.1 cm³/mol. The lowest BCUT2D eigenvalue weighted by atomic mass is 9.97. The molecule has 1 aromatic carbocycles. The summed E-state index contributed by atoms with van der Waals surface area (Å²) in [6.07, 6.45) is 1.47. The number of halogens is 2. The van der Waals surface area contributed by atoms with Gasteiger partial charge in [0.05, 0.1) is 12.5 Å². The number of benzene rings is 1. The molecule has 1 N–H and O–H groups in total. The first-order chi connectivity index (χ1) is 12.5. The first-order valence-electron chi connectivity index (χ1n) is 9.03. The summed E-state index contributed by atoms with van der Waals surface area (Å²) in [4.78, 5) is 18.2. The number of esters is 1. The number of nitrogens with one attached hydrogen (secondary N) is 1. The topological polar surface area (TPSA) is 53.9 Å². The van der Waals surface area contributed by atoms with Crippen LogP contribution in [0.2, 0.25) is 0 Å². The van der Waals surface area contributed by atoms with Crippen molar-refractivity contribution in [3.05, 3.63) is 35.4 Å². The van der Waals surface area contributed by atoms with Crippen LogP contribution in [0.3, 0.4) is 0 Å². The van der Waals surface area contributed by atoms with Gasteiger partial charge in [-0.2, -0.15) is 0 Å². The van der Waals surface area contributed by atoms with Crippen LogP contribution in [0, 0.1) is 17.6 Å². The lowest BCUT2D eigenvalue weighted by Crippen LogP contribution is -2.47. The molecule has 144 valence electrons. The lowest BCUT2D eigenvalue weighted by molar-refractivity contribution is -0.149. The highest BCUT2D eigenvalue weighted by Crippen LogP contribution is 2.20. The van der Waals surface area contributed by atoms with Gasteiger partial charge in [-0.15, -0.1) is 0 Å². The van der Waals surface area contributed by atoms with E-state index in [2.05, 4.69) is 15.2 Å². The highest BCUT2D eigenvalue weighted by atomic mass is 19.2. The zero-order valence-corrected chi connectivity index (χ0v) is 15.6. The number of carbonyl (C=O) groups excluding carboxylic acids is 1. The van der Waals surface area contributed by atoms with Crippen LogP contribution in [0.4, 0.5) is 8.78 Å². The molecule has 7 heteroatoms. The third kappa shape index (κ3) is 5.16. The number of aliphatic imine (C=N–C) groups is 1. The molecule has 0 spiro atoms. The van der Waals surface area contributed by atoms with E-state index < -0.39 is 11.6 Å². The van der Waals surface area contributed by atoms with Gasteiger partial charge in [-0.3, -0.25) is 9.79 Å². The molecule has 0 radical (unpaired) electrons. The van der Waals surface area contributed by atoms with Gasteiger partial charge in [-0.1, -0.05) is 13.0 Å². The van der Waals surface area contributed by atoms with Crippen molar-refractivity contribution in [1.29, 1.82) is 0 Å². The zero-order valence-electron chi connectivity index (χ0n) is 15.6. The quantitative estimate of drug-likeness (QED) is 0.494. The molecule has 0 saturated carbocycles. The average molecular weight is 367 g/mol. The minimum absolute atomic E-state index is 0.000999. The Hall–Kier alpha value is -2.18. The van der Waals surface area contributed by atoms with E-state index >= 15 is 0 Å². The Morgan fingerprint density at radius 2 is 2.04 bits per heavy atom. The Bertz CT molecular complexity index is 644. The summed E-state index contributed by atoms with van der Waals surface area (Å²) in [6, 6.07) is 3.98. The summed E-state index contributed by atoms with van der Waals surface area (Å²) in [5, 5.41) is 3.28. The van der Waals surface area contributed by atoms with Crippen LogP contribution in [0.25, 0.3) is 0 Å². The average Bonchev–Trinajstić information content (AvgIpc) is 2.65. The number of carbonyl (C=O) groups is 1. The van der Waals surface area contributed by atoms with E-state index in [4.69, 9.17) is 4.74 Å². The SMILES string of the molecule is CCOC(=O)C1CCN(C(=NC)NCC(C)c2ccc(F)c(F)c2)CC1. The first-order valence-corrected chi connectivity index (χ1v) is 9.03. The molecule has 0 aromatic heterocycles. The van der Waals surface area contributed by atoms with Crippen molar-refractivity contribution in [2.75, 3.05) is 33.3 Å². The molecule has 1 aliphatic heterocycles. The van der Waals surface area contributed by atoms with Crippen LogP contribution in [0.15, 0.2) is 23.2 Å². The van der Waals surface area contributed by atoms with Crippen molar-refractivity contribution >= 4 is 11.9 Å². The molecule has 26 heavy (non-hydrogen) atoms. The number of piperidine rings is 1. The highest BCUT2D eigenvalue weighted by Gasteiger charge is 2.27. The van der Waals surface area contributed by atoms with E-state index in [1.54, 1.807) is 13.1 Å². The smallest absolute Gasteiger partial charge is 0.309 e. The summed E-state index contributed by atoms with van der Waals surface area (Å²) in [5.74, 6) is -1.10. The molecule has 0 amide bonds. The van der Waals surface area contributed by atoms with Crippen LogP contribution >= 0.6 is 0 Å². The number of hydrogen-bond donors (Lipinski definition) is 1. The Balaban J connectivity index is 1.86. The first kappa shape index (κ1) is 20.1. The standard InChI is InChI=1S/C19H27F2N3O2/c1-4-26-18(25)14-7-9-24(10-8-14)19(22-3)23-12-13(2)15-5-6-16(20)17(21)11-15/h5-6,11,13-14H,4,7-10,12H2,1-3H3,(H,22,23). The van der Waals surface area contributed by atoms with Gasteiger partial charge < -0.3 is 15.0 Å². The van der Waals surface area contributed by atoms with Crippen molar-refractivity contribution in [2.45, 2.75) is 32.6 Å². The van der Waals surface area contributed by atoms with Crippen LogP contribution in [0.5, 0.6) is 0 Å². The van der Waals surface area contributed by atoms with Crippen molar-refractivity contribution in [1.82, 2.24) is 10.2 Å². The Labute approximate surface area is 153 Å². The van der Waals surface area contributed by atoms with Gasteiger partial charge in [0, 0.05) is 26.7 Å². The third-order valence-corrected chi connectivity index (χ3v) is 4.71. The molecule has 1 aromatic rings. The van der Waals surface area contributed by atoms with Crippen LogP contribution in [0.1, 0.15) is 38.2 Å². The molecule has 1 saturated heterocycles. The maximum atomic E-state index is 13.4. The van der Waals surface area contributed by atoms with Crippen LogP contribution in [-0.2, 0) is 9.53 Å². The number of rotatable bonds is 5. The summed E-state index contributed by atoms with van der Waals surface area (Å²) >= 11 is 0. The van der Waals surface area contributed by atoms with Gasteiger partial charge >= 0.3 is 5.97 Å². The fourth-order valence-electron chi connectivity index (χ4n) is 3.10. The molecule has 1 aliphatic rings. The number of guanidine groups is 1. The number of nitrogens with zero attached hydrogens (tertiary/aromatic N) is 2. The van der Waals surface area contributed by atoms with Crippen LogP contribution < -0.4 is 5.32 Å². The molecule has 5 nitrogen and oxygen atoms in total. The van der Waals surface area contributed by atoms with Gasteiger partial charge in [0.15, 0.2) is 17.6 Å². The summed E-state index contributed by atoms with van der Waals surface area (Å²) in [6.45, 7) is 6.16. The summed E-state index contributed by atoms with van der Waals surface area (Å²) < 4.78 is 31.5. The fraction of sp³-hybridized carbons (Fsp3) is 0.579. The molecule has 1 heterocycles. The van der Waals surface area contributed by atoms with E-state index in [-0.39, 0.29) is 17.8 Å². The lowest BCUT2D eigenvalue weighted by Gasteiger charge is -2.33. The third-order valence-electron chi connectivity index (χ3n) is 4.71. The van der Waals surface area contributed by atoms with Gasteiger partial charge in [0.25, 0.3) is 0 Å². The predicted octanol–water partition coefficient (Wildman–Crippen LogP) is 2.92. The molecular weight excluding hydrogens is 340 g/mol. The highest BCUT2D eigenvalue weighted by molar-refractivity contribution is 5.80. The van der Waals surface area contributed by atoms with Gasteiger partial charge in [-0.25, -0.2) is 8.78 Å². The van der Waals surface area contributed by atoms with Gasteiger partial charge in [0.1, 0.15) is 0 Å². The van der Waals surface area contributed by atoms with Crippen molar-refractivity contribution in [3.8, 4) is 0 Å². The van der Waals surface area contributed by atoms with E-state index in [9.17, 15) is 13.6 Å². The van der Waals surface area contributed by atoms with Crippen molar-refractivity contribution in [3.63, 3.8) is 0 Å². The van der Waals surface area contributed by atoms with E-state index in [0.29, 0.717) is 13.2 Å². The number of ether oxygens (including phenoxy) is 1. The largest absolute Gasteiger partial charge is 0.466 e. The number of hydrogen-bond acceptors (Lipinski definition) is 3. The second-order valence-electron chi connectivity index (χ2n) is 6.52. The molecule has 0 bridgehead atoms. The molecular formula is C19H27F2N3O2. The normalized spacial score (nSPS) is 17.1. The Kier molecular flexibility index (Phi) is 7.36. The number of likely N-dealkylation sites (tertiary alicyclic amines) is 1. The molecule has 1 atom stereocenters. The van der Waals surface area contributed by atoms with E-state index in [1.807, 2.05) is 13.8 Å².